The normalized spacial score (nSPS) is 11.8. The molecule has 0 bridgehead atoms. The minimum absolute atomic E-state index is 0.220. The number of H-pyrrole nitrogens is 1. The summed E-state index contributed by atoms with van der Waals surface area (Å²) in [6.07, 6.45) is 0. The lowest BCUT2D eigenvalue weighted by molar-refractivity contribution is 0.414. The molecule has 0 aliphatic heterocycles. The van der Waals surface area contributed by atoms with Crippen LogP contribution in [-0.2, 0) is 16.6 Å². The van der Waals surface area contributed by atoms with Crippen LogP contribution in [-0.4, -0.2) is 20.5 Å². The molecule has 2 N–H and O–H groups in total. The van der Waals surface area contributed by atoms with E-state index in [1.54, 1.807) is 19.2 Å². The molecule has 126 valence electrons. The van der Waals surface area contributed by atoms with E-state index >= 15 is 0 Å². The highest BCUT2D eigenvalue weighted by atomic mass is 32.2. The average Bonchev–Trinajstić information content (AvgIpc) is 2.87. The molecule has 0 saturated carbocycles. The van der Waals surface area contributed by atoms with Gasteiger partial charge in [-0.25, -0.2) is 13.1 Å². The molecule has 0 fully saturated rings. The number of hydrogen-bond donors (Lipinski definition) is 2. The van der Waals surface area contributed by atoms with Crippen LogP contribution in [0.1, 0.15) is 16.8 Å². The Morgan fingerprint density at radius 3 is 2.46 bits per heavy atom. The van der Waals surface area contributed by atoms with Crippen molar-refractivity contribution in [1.29, 1.82) is 0 Å². The molecule has 0 aliphatic rings. The van der Waals surface area contributed by atoms with Crippen LogP contribution in [0.25, 0.3) is 10.9 Å². The number of aromatic amines is 1. The van der Waals surface area contributed by atoms with Gasteiger partial charge in [0.1, 0.15) is 5.75 Å². The summed E-state index contributed by atoms with van der Waals surface area (Å²) < 4.78 is 32.5. The van der Waals surface area contributed by atoms with Gasteiger partial charge >= 0.3 is 0 Å². The van der Waals surface area contributed by atoms with Crippen LogP contribution in [0.4, 0.5) is 0 Å². The van der Waals surface area contributed by atoms with Crippen LogP contribution in [0.2, 0.25) is 0 Å². The van der Waals surface area contributed by atoms with Crippen molar-refractivity contribution >= 4 is 20.9 Å². The topological polar surface area (TPSA) is 71.2 Å². The van der Waals surface area contributed by atoms with Crippen molar-refractivity contribution in [3.8, 4) is 5.75 Å². The zero-order chi connectivity index (χ0) is 17.3. The molecule has 24 heavy (non-hydrogen) atoms. The minimum Gasteiger partial charge on any atom is -0.497 e. The first-order chi connectivity index (χ1) is 11.4. The van der Waals surface area contributed by atoms with E-state index in [-0.39, 0.29) is 11.4 Å². The molecule has 0 amide bonds. The molecule has 0 unspecified atom stereocenters. The van der Waals surface area contributed by atoms with Gasteiger partial charge in [-0.1, -0.05) is 6.07 Å². The average molecular weight is 344 g/mol. The molecule has 1 heterocycles. The van der Waals surface area contributed by atoms with E-state index < -0.39 is 10.0 Å². The zero-order valence-corrected chi connectivity index (χ0v) is 14.7. The largest absolute Gasteiger partial charge is 0.497 e. The van der Waals surface area contributed by atoms with Gasteiger partial charge in [0.2, 0.25) is 10.0 Å². The Morgan fingerprint density at radius 1 is 1.08 bits per heavy atom. The summed E-state index contributed by atoms with van der Waals surface area (Å²) in [5, 5.41) is 1.12. The third-order valence-electron chi connectivity index (χ3n) is 4.21. The third kappa shape index (κ3) is 3.16. The van der Waals surface area contributed by atoms with Crippen LogP contribution in [0, 0.1) is 13.8 Å². The Hall–Kier alpha value is -2.31. The van der Waals surface area contributed by atoms with Gasteiger partial charge in [0.15, 0.2) is 0 Å². The zero-order valence-electron chi connectivity index (χ0n) is 13.9. The second-order valence-corrected chi connectivity index (χ2v) is 7.52. The fourth-order valence-electron chi connectivity index (χ4n) is 2.63. The van der Waals surface area contributed by atoms with Gasteiger partial charge in [-0.3, -0.25) is 0 Å². The van der Waals surface area contributed by atoms with Gasteiger partial charge in [-0.05, 0) is 61.4 Å². The van der Waals surface area contributed by atoms with E-state index in [1.807, 2.05) is 25.1 Å². The Kier molecular flexibility index (Phi) is 4.34. The van der Waals surface area contributed by atoms with E-state index in [0.29, 0.717) is 5.75 Å². The molecule has 2 aromatic carbocycles. The molecule has 5 nitrogen and oxygen atoms in total. The summed E-state index contributed by atoms with van der Waals surface area (Å²) in [4.78, 5) is 3.53. The Labute approximate surface area is 141 Å². The number of methoxy groups -OCH3 is 1. The highest BCUT2D eigenvalue weighted by Gasteiger charge is 2.14. The molecule has 0 spiro atoms. The van der Waals surface area contributed by atoms with Crippen molar-refractivity contribution in [2.45, 2.75) is 25.3 Å². The maximum atomic E-state index is 12.4. The lowest BCUT2D eigenvalue weighted by Crippen LogP contribution is -2.23. The minimum atomic E-state index is -3.56. The number of aromatic nitrogens is 1. The summed E-state index contributed by atoms with van der Waals surface area (Å²) in [6.45, 7) is 4.33. The first kappa shape index (κ1) is 16.5. The van der Waals surface area contributed by atoms with Crippen LogP contribution >= 0.6 is 0 Å². The van der Waals surface area contributed by atoms with Crippen molar-refractivity contribution in [3.05, 3.63) is 59.3 Å². The molecule has 0 radical (unpaired) electrons. The summed E-state index contributed by atoms with van der Waals surface area (Å²) in [7, 11) is -2.01. The molecule has 0 atom stereocenters. The molecular formula is C18H20N2O3S. The highest BCUT2D eigenvalue weighted by molar-refractivity contribution is 7.89. The Balaban J connectivity index is 1.79. The SMILES string of the molecule is COc1ccc(S(=O)(=O)NCc2ccc3[nH]c(C)c(C)c3c2)cc1. The van der Waals surface area contributed by atoms with Gasteiger partial charge in [-0.15, -0.1) is 0 Å². The van der Waals surface area contributed by atoms with Gasteiger partial charge in [0.25, 0.3) is 0 Å². The number of ether oxygens (including phenoxy) is 1. The third-order valence-corrected chi connectivity index (χ3v) is 5.63. The predicted octanol–water partition coefficient (Wildman–Crippen LogP) is 3.27. The van der Waals surface area contributed by atoms with Gasteiger partial charge in [0, 0.05) is 23.1 Å². The second kappa shape index (κ2) is 6.30. The van der Waals surface area contributed by atoms with E-state index in [1.165, 1.54) is 17.7 Å². The predicted molar refractivity (Wildman–Crippen MR) is 94.8 cm³/mol. The number of benzene rings is 2. The van der Waals surface area contributed by atoms with Crippen molar-refractivity contribution in [1.82, 2.24) is 9.71 Å². The summed E-state index contributed by atoms with van der Waals surface area (Å²) in [5.41, 5.74) is 4.29. The van der Waals surface area contributed by atoms with Crippen LogP contribution < -0.4 is 9.46 Å². The van der Waals surface area contributed by atoms with Gasteiger partial charge in [0.05, 0.1) is 12.0 Å². The molecular weight excluding hydrogens is 324 g/mol. The maximum Gasteiger partial charge on any atom is 0.240 e. The second-order valence-electron chi connectivity index (χ2n) is 5.76. The van der Waals surface area contributed by atoms with E-state index in [2.05, 4.69) is 16.6 Å². The van der Waals surface area contributed by atoms with E-state index in [9.17, 15) is 8.42 Å². The first-order valence-electron chi connectivity index (χ1n) is 7.62. The molecule has 6 heteroatoms. The highest BCUT2D eigenvalue weighted by Crippen LogP contribution is 2.22. The van der Waals surface area contributed by atoms with Crippen molar-refractivity contribution in [3.63, 3.8) is 0 Å². The summed E-state index contributed by atoms with van der Waals surface area (Å²) in [5.74, 6) is 0.623. The first-order valence-corrected chi connectivity index (χ1v) is 9.10. The number of nitrogens with one attached hydrogen (secondary N) is 2. The summed E-state index contributed by atoms with van der Waals surface area (Å²) in [6, 6.07) is 12.2. The lowest BCUT2D eigenvalue weighted by atomic mass is 10.1. The number of aryl methyl sites for hydroxylation is 2. The van der Waals surface area contributed by atoms with Crippen LogP contribution in [0.5, 0.6) is 5.75 Å². The quantitative estimate of drug-likeness (QED) is 0.746. The fraction of sp³-hybridized carbons (Fsp3) is 0.222. The van der Waals surface area contributed by atoms with E-state index in [0.717, 1.165) is 22.2 Å². The summed E-state index contributed by atoms with van der Waals surface area (Å²) >= 11 is 0. The van der Waals surface area contributed by atoms with Crippen LogP contribution in [0.3, 0.4) is 0 Å². The van der Waals surface area contributed by atoms with Gasteiger partial charge < -0.3 is 9.72 Å². The molecule has 3 rings (SSSR count). The van der Waals surface area contributed by atoms with E-state index in [4.69, 9.17) is 4.74 Å². The molecule has 3 aromatic rings. The standard InChI is InChI=1S/C18H20N2O3S/c1-12-13(2)20-18-9-4-14(10-17(12)18)11-19-24(21,22)16-7-5-15(23-3)6-8-16/h4-10,19-20H,11H2,1-3H3. The Morgan fingerprint density at radius 2 is 1.79 bits per heavy atom. The van der Waals surface area contributed by atoms with Crippen LogP contribution in [0.15, 0.2) is 47.4 Å². The Bertz CT molecular complexity index is 973. The smallest absolute Gasteiger partial charge is 0.240 e. The molecule has 1 aromatic heterocycles. The lowest BCUT2D eigenvalue weighted by Gasteiger charge is -2.08. The number of rotatable bonds is 5. The number of sulfonamides is 1. The van der Waals surface area contributed by atoms with Crippen molar-refractivity contribution in [2.75, 3.05) is 7.11 Å². The number of hydrogen-bond acceptors (Lipinski definition) is 3. The molecule has 0 aliphatic carbocycles. The van der Waals surface area contributed by atoms with Crippen molar-refractivity contribution < 1.29 is 13.2 Å². The maximum absolute atomic E-state index is 12.4. The monoisotopic (exact) mass is 344 g/mol. The molecule has 0 saturated heterocycles. The number of fused-ring (bicyclic) bond motifs is 1. The fourth-order valence-corrected chi connectivity index (χ4v) is 3.65. The van der Waals surface area contributed by atoms with Gasteiger partial charge in [-0.2, -0.15) is 0 Å². The van der Waals surface area contributed by atoms with Crippen molar-refractivity contribution in [2.24, 2.45) is 0 Å².